The molecule has 0 atom stereocenters. The highest BCUT2D eigenvalue weighted by Crippen LogP contribution is 2.40. The molecule has 0 aliphatic carbocycles. The van der Waals surface area contributed by atoms with E-state index < -0.39 is 18.5 Å². The van der Waals surface area contributed by atoms with Gasteiger partial charge >= 0.3 is 5.97 Å². The standard InChI is InChI=1S/C20H12Cl4N2O3/c21-13-9-14(22)18(24)20(17(13)23)26-15(27)10-29-16(28)7-6-12-4-1-3-11-5-2-8-25-19(11)12/h1-9H,10H2,(H,26,27)/b7-6+. The molecule has 148 valence electrons. The summed E-state index contributed by atoms with van der Waals surface area (Å²) in [6.45, 7) is -0.548. The zero-order valence-electron chi connectivity index (χ0n) is 14.6. The number of benzene rings is 2. The van der Waals surface area contributed by atoms with Crippen molar-refractivity contribution in [2.24, 2.45) is 0 Å². The van der Waals surface area contributed by atoms with E-state index in [1.807, 2.05) is 30.3 Å². The molecule has 0 unspecified atom stereocenters. The number of halogens is 4. The Bertz CT molecular complexity index is 1100. The van der Waals surface area contributed by atoms with Gasteiger partial charge in [-0.05, 0) is 18.2 Å². The number of hydrogen-bond acceptors (Lipinski definition) is 4. The molecule has 0 radical (unpaired) electrons. The topological polar surface area (TPSA) is 68.3 Å². The first-order valence-corrected chi connectivity index (χ1v) is 9.69. The molecule has 0 spiro atoms. The molecule has 9 heteroatoms. The van der Waals surface area contributed by atoms with Crippen molar-refractivity contribution in [3.63, 3.8) is 0 Å². The fourth-order valence-corrected chi connectivity index (χ4v) is 3.37. The highest BCUT2D eigenvalue weighted by atomic mass is 35.5. The molecule has 1 amide bonds. The van der Waals surface area contributed by atoms with Crippen LogP contribution in [0.4, 0.5) is 5.69 Å². The summed E-state index contributed by atoms with van der Waals surface area (Å²) in [4.78, 5) is 28.3. The van der Waals surface area contributed by atoms with E-state index in [1.165, 1.54) is 12.1 Å². The number of esters is 1. The van der Waals surface area contributed by atoms with Crippen molar-refractivity contribution < 1.29 is 14.3 Å². The first-order valence-electron chi connectivity index (χ1n) is 8.18. The van der Waals surface area contributed by atoms with E-state index in [4.69, 9.17) is 51.1 Å². The minimum absolute atomic E-state index is 0.0316. The Labute approximate surface area is 186 Å². The van der Waals surface area contributed by atoms with Crippen LogP contribution in [0.15, 0.2) is 48.7 Å². The number of fused-ring (bicyclic) bond motifs is 1. The van der Waals surface area contributed by atoms with Gasteiger partial charge in [0.2, 0.25) is 0 Å². The van der Waals surface area contributed by atoms with E-state index in [0.717, 1.165) is 16.5 Å². The number of nitrogens with zero attached hydrogens (tertiary/aromatic N) is 1. The van der Waals surface area contributed by atoms with Gasteiger partial charge in [-0.3, -0.25) is 9.78 Å². The normalized spacial score (nSPS) is 11.0. The molecule has 0 aliphatic rings. The van der Waals surface area contributed by atoms with Gasteiger partial charge in [0.05, 0.1) is 31.3 Å². The maximum absolute atomic E-state index is 12.1. The Morgan fingerprint density at radius 1 is 1.03 bits per heavy atom. The first-order chi connectivity index (χ1) is 13.9. The Kier molecular flexibility index (Phi) is 6.98. The van der Waals surface area contributed by atoms with Crippen molar-refractivity contribution in [1.82, 2.24) is 4.98 Å². The summed E-state index contributed by atoms with van der Waals surface area (Å²) in [5.74, 6) is -1.35. The third-order valence-corrected chi connectivity index (χ3v) is 5.36. The molecule has 0 saturated carbocycles. The average molecular weight is 470 g/mol. The Hall–Kier alpha value is -2.31. The number of para-hydroxylation sites is 1. The third-order valence-electron chi connectivity index (χ3n) is 3.78. The second-order valence-corrected chi connectivity index (χ2v) is 7.33. The van der Waals surface area contributed by atoms with Crippen molar-refractivity contribution >= 4 is 80.9 Å². The van der Waals surface area contributed by atoms with Crippen molar-refractivity contribution in [2.45, 2.75) is 0 Å². The molecule has 0 aliphatic heterocycles. The van der Waals surface area contributed by atoms with Gasteiger partial charge in [-0.2, -0.15) is 0 Å². The van der Waals surface area contributed by atoms with E-state index in [9.17, 15) is 9.59 Å². The molecule has 5 nitrogen and oxygen atoms in total. The van der Waals surface area contributed by atoms with Crippen LogP contribution in [0.3, 0.4) is 0 Å². The minimum Gasteiger partial charge on any atom is -0.452 e. The molecular weight excluding hydrogens is 458 g/mol. The Morgan fingerprint density at radius 3 is 2.45 bits per heavy atom. The number of rotatable bonds is 5. The smallest absolute Gasteiger partial charge is 0.331 e. The minimum atomic E-state index is -0.700. The monoisotopic (exact) mass is 468 g/mol. The maximum atomic E-state index is 12.1. The van der Waals surface area contributed by atoms with Crippen LogP contribution < -0.4 is 5.32 Å². The lowest BCUT2D eigenvalue weighted by Crippen LogP contribution is -2.20. The second kappa shape index (κ2) is 9.46. The molecule has 2 aromatic carbocycles. The predicted molar refractivity (Wildman–Crippen MR) is 117 cm³/mol. The number of amides is 1. The fourth-order valence-electron chi connectivity index (χ4n) is 2.46. The summed E-state index contributed by atoms with van der Waals surface area (Å²) in [5.41, 5.74) is 1.54. The zero-order valence-corrected chi connectivity index (χ0v) is 17.6. The molecule has 0 saturated heterocycles. The predicted octanol–water partition coefficient (Wildman–Crippen LogP) is 6.04. The van der Waals surface area contributed by atoms with Crippen LogP contribution in [0.1, 0.15) is 5.56 Å². The molecule has 1 aromatic heterocycles. The fraction of sp³-hybridized carbons (Fsp3) is 0.0500. The van der Waals surface area contributed by atoms with Gasteiger partial charge in [-0.25, -0.2) is 4.79 Å². The molecule has 29 heavy (non-hydrogen) atoms. The largest absolute Gasteiger partial charge is 0.452 e. The number of nitrogens with one attached hydrogen (secondary N) is 1. The van der Waals surface area contributed by atoms with Crippen LogP contribution in [0, 0.1) is 0 Å². The van der Waals surface area contributed by atoms with Gasteiger partial charge < -0.3 is 10.1 Å². The van der Waals surface area contributed by atoms with Crippen LogP contribution >= 0.6 is 46.4 Å². The van der Waals surface area contributed by atoms with Crippen molar-refractivity contribution in [1.29, 1.82) is 0 Å². The third kappa shape index (κ3) is 5.19. The number of carbonyl (C=O) groups is 2. The molecular formula is C20H12Cl4N2O3. The number of aromatic nitrogens is 1. The first kappa shape index (κ1) is 21.4. The molecule has 0 bridgehead atoms. The van der Waals surface area contributed by atoms with Gasteiger partial charge in [0.25, 0.3) is 5.91 Å². The summed E-state index contributed by atoms with van der Waals surface area (Å²) < 4.78 is 4.94. The summed E-state index contributed by atoms with van der Waals surface area (Å²) in [5, 5.41) is 3.68. The Morgan fingerprint density at radius 2 is 1.72 bits per heavy atom. The number of hydrogen-bond donors (Lipinski definition) is 1. The van der Waals surface area contributed by atoms with Crippen LogP contribution in [-0.2, 0) is 14.3 Å². The number of ether oxygens (including phenoxy) is 1. The number of pyridine rings is 1. The zero-order chi connectivity index (χ0) is 21.0. The molecule has 1 N–H and O–H groups in total. The van der Waals surface area contributed by atoms with Crippen molar-refractivity contribution in [3.05, 3.63) is 74.3 Å². The van der Waals surface area contributed by atoms with E-state index in [1.54, 1.807) is 12.3 Å². The molecule has 3 aromatic rings. The lowest BCUT2D eigenvalue weighted by Gasteiger charge is -2.11. The number of anilines is 1. The lowest BCUT2D eigenvalue weighted by molar-refractivity contribution is -0.142. The van der Waals surface area contributed by atoms with Crippen LogP contribution in [-0.4, -0.2) is 23.5 Å². The van der Waals surface area contributed by atoms with E-state index in [0.29, 0.717) is 0 Å². The highest BCUT2D eigenvalue weighted by molar-refractivity contribution is 6.50. The van der Waals surface area contributed by atoms with Crippen molar-refractivity contribution in [3.8, 4) is 0 Å². The van der Waals surface area contributed by atoms with Gasteiger partial charge in [-0.1, -0.05) is 70.7 Å². The summed E-state index contributed by atoms with van der Waals surface area (Å²) >= 11 is 23.9. The SMILES string of the molecule is O=C(COC(=O)/C=C/c1cccc2cccnc12)Nc1c(Cl)c(Cl)cc(Cl)c1Cl. The van der Waals surface area contributed by atoms with Gasteiger partial charge in [-0.15, -0.1) is 0 Å². The van der Waals surface area contributed by atoms with E-state index in [2.05, 4.69) is 10.3 Å². The van der Waals surface area contributed by atoms with Crippen LogP contribution in [0.2, 0.25) is 20.1 Å². The van der Waals surface area contributed by atoms with E-state index in [-0.39, 0.29) is 25.8 Å². The van der Waals surface area contributed by atoms with E-state index >= 15 is 0 Å². The van der Waals surface area contributed by atoms with Gasteiger partial charge in [0.1, 0.15) is 0 Å². The quantitative estimate of drug-likeness (QED) is 0.281. The van der Waals surface area contributed by atoms with Crippen LogP contribution in [0.5, 0.6) is 0 Å². The second-order valence-electron chi connectivity index (χ2n) is 5.75. The summed E-state index contributed by atoms with van der Waals surface area (Å²) in [7, 11) is 0. The molecule has 0 fully saturated rings. The number of carbonyl (C=O) groups excluding carboxylic acids is 2. The van der Waals surface area contributed by atoms with Crippen LogP contribution in [0.25, 0.3) is 17.0 Å². The lowest BCUT2D eigenvalue weighted by atomic mass is 10.1. The van der Waals surface area contributed by atoms with Gasteiger partial charge in [0.15, 0.2) is 6.61 Å². The highest BCUT2D eigenvalue weighted by Gasteiger charge is 2.17. The average Bonchev–Trinajstić information content (AvgIpc) is 2.72. The summed E-state index contributed by atoms with van der Waals surface area (Å²) in [6.07, 6.45) is 4.45. The summed E-state index contributed by atoms with van der Waals surface area (Å²) in [6, 6.07) is 10.7. The molecule has 3 rings (SSSR count). The maximum Gasteiger partial charge on any atom is 0.331 e. The Balaban J connectivity index is 1.62. The van der Waals surface area contributed by atoms with Gasteiger partial charge in [0, 0.05) is 23.2 Å². The van der Waals surface area contributed by atoms with Crippen molar-refractivity contribution in [2.75, 3.05) is 11.9 Å². The molecule has 1 heterocycles.